The van der Waals surface area contributed by atoms with Gasteiger partial charge in [0.15, 0.2) is 0 Å². The largest absolute Gasteiger partial charge is 0.460 e. The Balaban J connectivity index is 2.40. The molecule has 0 spiro atoms. The van der Waals surface area contributed by atoms with Crippen molar-refractivity contribution in [1.29, 1.82) is 0 Å². The summed E-state index contributed by atoms with van der Waals surface area (Å²) in [5.41, 5.74) is 0.411. The first-order valence-electron chi connectivity index (χ1n) is 8.92. The van der Waals surface area contributed by atoms with Crippen molar-refractivity contribution in [2.75, 3.05) is 34.0 Å². The van der Waals surface area contributed by atoms with Crippen molar-refractivity contribution in [2.24, 2.45) is 11.8 Å². The van der Waals surface area contributed by atoms with Crippen molar-refractivity contribution < 1.29 is 23.7 Å². The molecule has 140 valence electrons. The molecule has 0 aliphatic heterocycles. The summed E-state index contributed by atoms with van der Waals surface area (Å²) in [4.78, 5) is 11.3. The average molecular weight is 342 g/mol. The van der Waals surface area contributed by atoms with E-state index in [2.05, 4.69) is 13.5 Å². The number of hydrogen-bond donors (Lipinski definition) is 0. The van der Waals surface area contributed by atoms with E-state index in [0.29, 0.717) is 36.7 Å². The molecule has 24 heavy (non-hydrogen) atoms. The third-order valence-electron chi connectivity index (χ3n) is 4.65. The van der Waals surface area contributed by atoms with Gasteiger partial charge in [0.05, 0.1) is 18.8 Å². The van der Waals surface area contributed by atoms with Gasteiger partial charge in [-0.3, -0.25) is 0 Å². The molecule has 1 fully saturated rings. The Morgan fingerprint density at radius 3 is 2.33 bits per heavy atom. The maximum absolute atomic E-state index is 11.3. The summed E-state index contributed by atoms with van der Waals surface area (Å²) >= 11 is 0. The molecule has 5 heteroatoms. The van der Waals surface area contributed by atoms with Gasteiger partial charge in [-0.2, -0.15) is 0 Å². The van der Waals surface area contributed by atoms with Crippen molar-refractivity contribution in [3.63, 3.8) is 0 Å². The minimum absolute atomic E-state index is 0.268. The van der Waals surface area contributed by atoms with Crippen LogP contribution in [0.2, 0.25) is 0 Å². The van der Waals surface area contributed by atoms with Crippen LogP contribution in [0, 0.1) is 11.8 Å². The Morgan fingerprint density at radius 2 is 1.71 bits per heavy atom. The maximum Gasteiger partial charge on any atom is 0.333 e. The molecule has 1 saturated carbocycles. The smallest absolute Gasteiger partial charge is 0.333 e. The molecule has 0 saturated heterocycles. The van der Waals surface area contributed by atoms with Crippen LogP contribution in [0.4, 0.5) is 0 Å². The summed E-state index contributed by atoms with van der Waals surface area (Å²) in [6.45, 7) is 8.80. The highest BCUT2D eigenvalue weighted by Crippen LogP contribution is 2.28. The Hall–Kier alpha value is -0.910. The SMILES string of the molecule is C=C(C)C(=O)OCCOCC1CCC(OC)CC(C)CC(OC)C1. The molecule has 5 nitrogen and oxygen atoms in total. The van der Waals surface area contributed by atoms with Crippen LogP contribution in [-0.2, 0) is 23.7 Å². The monoisotopic (exact) mass is 342 g/mol. The van der Waals surface area contributed by atoms with Gasteiger partial charge in [-0.05, 0) is 50.9 Å². The molecular weight excluding hydrogens is 308 g/mol. The van der Waals surface area contributed by atoms with Crippen LogP contribution in [0.15, 0.2) is 12.2 Å². The zero-order valence-corrected chi connectivity index (χ0v) is 15.7. The van der Waals surface area contributed by atoms with Gasteiger partial charge in [-0.15, -0.1) is 0 Å². The van der Waals surface area contributed by atoms with Crippen LogP contribution in [0.1, 0.15) is 46.0 Å². The highest BCUT2D eigenvalue weighted by Gasteiger charge is 2.24. The second-order valence-electron chi connectivity index (χ2n) is 6.96. The van der Waals surface area contributed by atoms with Gasteiger partial charge >= 0.3 is 5.97 Å². The third-order valence-corrected chi connectivity index (χ3v) is 4.65. The summed E-state index contributed by atoms with van der Waals surface area (Å²) in [5.74, 6) is 0.674. The van der Waals surface area contributed by atoms with Gasteiger partial charge in [0, 0.05) is 26.4 Å². The van der Waals surface area contributed by atoms with Gasteiger partial charge in [0.2, 0.25) is 0 Å². The highest BCUT2D eigenvalue weighted by molar-refractivity contribution is 5.86. The topological polar surface area (TPSA) is 54.0 Å². The number of hydrogen-bond acceptors (Lipinski definition) is 5. The lowest BCUT2D eigenvalue weighted by atomic mass is 9.94. The Kier molecular flexibility index (Phi) is 10.2. The van der Waals surface area contributed by atoms with E-state index in [1.54, 1.807) is 21.1 Å². The van der Waals surface area contributed by atoms with Crippen molar-refractivity contribution in [1.82, 2.24) is 0 Å². The summed E-state index contributed by atoms with van der Waals surface area (Å²) in [7, 11) is 3.59. The molecule has 1 aliphatic carbocycles. The molecule has 0 radical (unpaired) electrons. The number of esters is 1. The first-order chi connectivity index (χ1) is 11.5. The van der Waals surface area contributed by atoms with Gasteiger partial charge < -0.3 is 18.9 Å². The van der Waals surface area contributed by atoms with Crippen molar-refractivity contribution >= 4 is 5.97 Å². The average Bonchev–Trinajstić information content (AvgIpc) is 2.63. The zero-order chi connectivity index (χ0) is 17.9. The van der Waals surface area contributed by atoms with Crippen LogP contribution in [-0.4, -0.2) is 52.2 Å². The molecule has 0 aromatic carbocycles. The molecular formula is C19H34O5. The Morgan fingerprint density at radius 1 is 1.04 bits per heavy atom. The van der Waals surface area contributed by atoms with Crippen LogP contribution < -0.4 is 0 Å². The molecule has 4 unspecified atom stereocenters. The van der Waals surface area contributed by atoms with E-state index < -0.39 is 0 Å². The third kappa shape index (κ3) is 8.27. The van der Waals surface area contributed by atoms with E-state index in [9.17, 15) is 4.79 Å². The fraction of sp³-hybridized carbons (Fsp3) is 0.842. The minimum Gasteiger partial charge on any atom is -0.460 e. The van der Waals surface area contributed by atoms with Crippen molar-refractivity contribution in [3.8, 4) is 0 Å². The molecule has 1 rings (SSSR count). The van der Waals surface area contributed by atoms with E-state index in [1.807, 2.05) is 0 Å². The van der Waals surface area contributed by atoms with E-state index in [4.69, 9.17) is 18.9 Å². The zero-order valence-electron chi connectivity index (χ0n) is 15.7. The van der Waals surface area contributed by atoms with Crippen LogP contribution in [0.5, 0.6) is 0 Å². The highest BCUT2D eigenvalue weighted by atomic mass is 16.6. The van der Waals surface area contributed by atoms with Crippen molar-refractivity contribution in [2.45, 2.75) is 58.2 Å². The predicted octanol–water partition coefficient (Wildman–Crippen LogP) is 3.37. The van der Waals surface area contributed by atoms with Gasteiger partial charge in [0.1, 0.15) is 6.61 Å². The van der Waals surface area contributed by atoms with Crippen molar-refractivity contribution in [3.05, 3.63) is 12.2 Å². The number of ether oxygens (including phenoxy) is 4. The maximum atomic E-state index is 11.3. The molecule has 1 aliphatic rings. The van der Waals surface area contributed by atoms with Crippen LogP contribution in [0.3, 0.4) is 0 Å². The lowest BCUT2D eigenvalue weighted by Crippen LogP contribution is -2.22. The second-order valence-corrected chi connectivity index (χ2v) is 6.96. The Bertz CT molecular complexity index is 382. The second kappa shape index (κ2) is 11.6. The minimum atomic E-state index is -0.364. The van der Waals surface area contributed by atoms with E-state index in [-0.39, 0.29) is 18.7 Å². The number of rotatable bonds is 8. The summed E-state index contributed by atoms with van der Waals surface area (Å²) in [6.07, 6.45) is 5.85. The van der Waals surface area contributed by atoms with Crippen LogP contribution in [0.25, 0.3) is 0 Å². The molecule has 0 N–H and O–H groups in total. The van der Waals surface area contributed by atoms with Crippen LogP contribution >= 0.6 is 0 Å². The molecule has 0 aromatic rings. The lowest BCUT2D eigenvalue weighted by Gasteiger charge is -2.23. The van der Waals surface area contributed by atoms with Gasteiger partial charge in [-0.25, -0.2) is 4.79 Å². The van der Waals surface area contributed by atoms with E-state index in [0.717, 1.165) is 32.1 Å². The molecule has 0 bridgehead atoms. The molecule has 0 amide bonds. The number of carbonyl (C=O) groups excluding carboxylic acids is 1. The number of methoxy groups -OCH3 is 2. The normalized spacial score (nSPS) is 28.5. The fourth-order valence-corrected chi connectivity index (χ4v) is 3.24. The number of carbonyl (C=O) groups is 1. The first kappa shape index (κ1) is 21.1. The summed E-state index contributed by atoms with van der Waals surface area (Å²) < 4.78 is 22.0. The lowest BCUT2D eigenvalue weighted by molar-refractivity contribution is -0.140. The van der Waals surface area contributed by atoms with E-state index >= 15 is 0 Å². The van der Waals surface area contributed by atoms with Gasteiger partial charge in [0.25, 0.3) is 0 Å². The first-order valence-corrected chi connectivity index (χ1v) is 8.92. The standard InChI is InChI=1S/C19H34O5/c1-14(2)19(20)24-9-8-23-13-16-6-7-17(21-4)10-15(3)11-18(12-16)22-5/h15-18H,1,6-13H2,2-5H3. The summed E-state index contributed by atoms with van der Waals surface area (Å²) in [6, 6.07) is 0. The summed E-state index contributed by atoms with van der Waals surface area (Å²) in [5, 5.41) is 0. The Labute approximate surface area is 146 Å². The molecule has 0 aromatic heterocycles. The molecule has 4 atom stereocenters. The predicted molar refractivity (Wildman–Crippen MR) is 93.9 cm³/mol. The molecule has 0 heterocycles. The van der Waals surface area contributed by atoms with E-state index in [1.165, 1.54) is 0 Å². The quantitative estimate of drug-likeness (QED) is 0.384. The van der Waals surface area contributed by atoms with Gasteiger partial charge in [-0.1, -0.05) is 13.5 Å². The fourth-order valence-electron chi connectivity index (χ4n) is 3.24.